The van der Waals surface area contributed by atoms with Crippen molar-refractivity contribution in [2.75, 3.05) is 51.3 Å². The molecule has 0 spiro atoms. The second-order valence-corrected chi connectivity index (χ2v) is 38.1. The quantitative estimate of drug-likeness (QED) is 0.0207. The number of hydrogen-bond donors (Lipinski definition) is 23. The Bertz CT molecular complexity index is 5350. The number of amides is 17. The smallest absolute Gasteiger partial charge is 0.341 e. The molecule has 46 heteroatoms. The summed E-state index contributed by atoms with van der Waals surface area (Å²) in [5.74, 6) is -24.5. The van der Waals surface area contributed by atoms with Crippen LogP contribution >= 0.6 is 11.8 Å². The molecular weight excluding hydrogens is 1910 g/mol. The van der Waals surface area contributed by atoms with E-state index in [2.05, 4.69) is 74.4 Å². The lowest BCUT2D eigenvalue weighted by atomic mass is 9.84. The number of ether oxygens (including phenoxy) is 1. The van der Waals surface area contributed by atoms with Gasteiger partial charge in [-0.2, -0.15) is 0 Å². The molecule has 0 aromatic heterocycles. The molecule has 2 aliphatic rings. The average Bonchev–Trinajstić information content (AvgIpc) is 0.831. The molecule has 29 N–H and O–H groups in total. The molecule has 0 bridgehead atoms. The van der Waals surface area contributed by atoms with Gasteiger partial charge < -0.3 is 134 Å². The van der Waals surface area contributed by atoms with Gasteiger partial charge in [-0.05, 0) is 154 Å². The third-order valence-corrected chi connectivity index (χ3v) is 25.7. The number of nitrogens with one attached hydrogen (secondary N) is 14. The molecule has 15 atom stereocenters. The number of likely N-dealkylation sites (N-methyl/N-ethyl adjacent to an activating group) is 1. The second kappa shape index (κ2) is 59.7. The van der Waals surface area contributed by atoms with Crippen LogP contribution in [-0.2, 0) is 117 Å². The molecule has 5 aromatic carbocycles. The Hall–Kier alpha value is -14.5. The first-order chi connectivity index (χ1) is 69.4. The summed E-state index contributed by atoms with van der Waals surface area (Å²) in [5, 5.41) is 66.3. The van der Waals surface area contributed by atoms with Gasteiger partial charge in [0.15, 0.2) is 6.61 Å². The summed E-state index contributed by atoms with van der Waals surface area (Å²) in [6, 6.07) is 7.81. The summed E-state index contributed by atoms with van der Waals surface area (Å²) in [6.07, 6.45) is -1.05. The summed E-state index contributed by atoms with van der Waals surface area (Å²) >= 11 is 0.691. The van der Waals surface area contributed by atoms with Gasteiger partial charge in [0.1, 0.15) is 96.4 Å². The number of primary amides is 2. The maximum absolute atomic E-state index is 15.7. The Morgan fingerprint density at radius 2 is 0.952 bits per heavy atom. The van der Waals surface area contributed by atoms with Crippen molar-refractivity contribution in [3.05, 3.63) is 161 Å². The summed E-state index contributed by atoms with van der Waals surface area (Å²) in [5.41, 5.74) is 38.5. The van der Waals surface area contributed by atoms with Crippen molar-refractivity contribution in [2.45, 2.75) is 248 Å². The molecule has 1 aliphatic heterocycles. The highest BCUT2D eigenvalue weighted by Gasteiger charge is 2.42. The van der Waals surface area contributed by atoms with Gasteiger partial charge in [-0.1, -0.05) is 168 Å². The Labute approximate surface area is 850 Å². The lowest BCUT2D eigenvalue weighted by Gasteiger charge is -2.32. The number of thioether (sulfide) groups is 1. The molecule has 1 saturated heterocycles. The van der Waals surface area contributed by atoms with Crippen LogP contribution in [-0.4, -0.2) is 281 Å². The maximum atomic E-state index is 15.7. The van der Waals surface area contributed by atoms with E-state index in [0.29, 0.717) is 41.3 Å². The molecule has 2 fully saturated rings. The average molecular weight is 2050 g/mol. The fraction of sp³-hybridized carbons (Fsp3) is 0.500. The number of aromatic carboxylic acids is 1. The fourth-order valence-electron chi connectivity index (χ4n) is 16.4. The summed E-state index contributed by atoms with van der Waals surface area (Å²) in [7, 11) is 1.19. The predicted molar refractivity (Wildman–Crippen MR) is 537 cm³/mol. The van der Waals surface area contributed by atoms with Gasteiger partial charge in [0, 0.05) is 51.4 Å². The van der Waals surface area contributed by atoms with Crippen LogP contribution in [0.2, 0.25) is 0 Å². The van der Waals surface area contributed by atoms with Crippen LogP contribution in [0, 0.1) is 24.7 Å². The van der Waals surface area contributed by atoms with Gasteiger partial charge in [-0.25, -0.2) is 9.59 Å². The minimum Gasteiger partial charge on any atom is -0.482 e. The van der Waals surface area contributed by atoms with E-state index in [1.54, 1.807) is 83.1 Å². The third-order valence-electron chi connectivity index (χ3n) is 24.6. The van der Waals surface area contributed by atoms with E-state index in [1.165, 1.54) is 62.5 Å². The van der Waals surface area contributed by atoms with Gasteiger partial charge in [-0.15, -0.1) is 11.8 Å². The maximum Gasteiger partial charge on any atom is 0.341 e. The SMILES string of the molecule is Cc1cccc(C[C@@H]2NC(=O)[C@H](CC(=O)O)NC(=O)[C@H](Cc3ccc(OCC(=O)O)cc3)NC(=O)[C@H](CN)NC(=O)CSC[C@@H](C(=O)N[C@@H](CCN)C(N)=O)NC(=O)[C@H](CCCN)NC(=O)[C@H](C(C)C)NC(=O)[C@H](CC3CCCCC3)NC(=O)[C@H](CCN)NC(=O)[C@@H](CC(C)C)NC(=O)[C@H](C)N(C)C(=O)[C@H](CCC(N)=O)NC(=O)[C@H](Cc3ccc(-c4ccccc4)cc3)NC(=O)[C@H](Cc3ccc(C(=O)O)cc3)NC2=O)c1. The van der Waals surface area contributed by atoms with E-state index in [0.717, 1.165) is 35.3 Å². The minimum absolute atomic E-state index is 0.0328. The molecule has 1 aliphatic carbocycles. The lowest BCUT2D eigenvalue weighted by Crippen LogP contribution is -2.62. The number of nitrogens with two attached hydrogens (primary N) is 6. The molecule has 794 valence electrons. The highest BCUT2D eigenvalue weighted by atomic mass is 32.2. The number of nitrogens with zero attached hydrogens (tertiary/aromatic N) is 1. The van der Waals surface area contributed by atoms with Crippen molar-refractivity contribution in [1.29, 1.82) is 0 Å². The number of carbonyl (C=O) groups is 20. The number of rotatable bonds is 34. The van der Waals surface area contributed by atoms with Crippen LogP contribution in [0.1, 0.15) is 163 Å². The highest BCUT2D eigenvalue weighted by Crippen LogP contribution is 2.29. The van der Waals surface area contributed by atoms with Crippen molar-refractivity contribution in [3.8, 4) is 16.9 Å². The molecule has 1 saturated carbocycles. The largest absolute Gasteiger partial charge is 0.482 e. The van der Waals surface area contributed by atoms with E-state index in [1.807, 2.05) is 30.3 Å². The molecular formula is C100H139N21O24S. The molecule has 146 heavy (non-hydrogen) atoms. The molecule has 45 nitrogen and oxygen atoms in total. The molecule has 7 rings (SSSR count). The number of benzene rings is 5. The first-order valence-electron chi connectivity index (χ1n) is 48.5. The predicted octanol–water partition coefficient (Wildman–Crippen LogP) is -2.23. The van der Waals surface area contributed by atoms with Crippen LogP contribution in [0.3, 0.4) is 0 Å². The summed E-state index contributed by atoms with van der Waals surface area (Å²) < 4.78 is 5.30. The monoisotopic (exact) mass is 2050 g/mol. The van der Waals surface area contributed by atoms with E-state index >= 15 is 33.6 Å². The van der Waals surface area contributed by atoms with Gasteiger partial charge in [0.05, 0.1) is 17.7 Å². The number of carboxylic acids is 3. The van der Waals surface area contributed by atoms with Gasteiger partial charge >= 0.3 is 17.9 Å². The van der Waals surface area contributed by atoms with Crippen molar-refractivity contribution in [3.63, 3.8) is 0 Å². The minimum atomic E-state index is -2.17. The summed E-state index contributed by atoms with van der Waals surface area (Å²) in [6.45, 7) is 7.75. The van der Waals surface area contributed by atoms with Crippen molar-refractivity contribution in [2.24, 2.45) is 52.2 Å². The normalized spacial score (nSPS) is 23.1. The lowest BCUT2D eigenvalue weighted by molar-refractivity contribution is -0.143. The molecule has 0 unspecified atom stereocenters. The topological polar surface area (TPSA) is 739 Å². The number of carbonyl (C=O) groups excluding carboxylic acids is 17. The third kappa shape index (κ3) is 39.2. The Morgan fingerprint density at radius 3 is 1.47 bits per heavy atom. The molecule has 0 radical (unpaired) electrons. The van der Waals surface area contributed by atoms with Crippen molar-refractivity contribution < 1.29 is 116 Å². The molecule has 17 amide bonds. The standard InChI is InChI=1S/C100H139N21O24S/c1-54(2)42-71-89(132)109-69(38-41-103)88(131)113-75(44-58-17-10-8-11-18-58)95(138)120-84(55(3)4)98(141)110-68(22-15-39-101)87(130)119-79(97(140)108-67(37-40-102)85(106)128)52-146-53-81(123)107-78(50-104)96(139)117-74(47-61-27-33-66(34-28-61)145-51-83(126)127)92(135)118-77(49-82(124)125)94(137)116-76(48-62-19-14-16-56(5)43-62)93(136)115-73(46-60-25-31-65(32-26-60)100(143)144)91(134)114-72(45-59-23-29-64(30-24-59)63-20-12-9-13-21-63)90(133)111-70(35-36-80(105)122)99(142)121(7)57(6)86(129)112-71/h9,12-14,16,19-21,23-34,43,54-55,57-58,67-79,84H,8,10-11,15,17-18,22,35-42,44-53,101-104H2,1-7H3,(H2,105,122)(H2,106,128)(H,107,123)(H,108,140)(H,109,132)(H,110,141)(H,111,133)(H,112,129)(H,113,131)(H,114,134)(H,115,136)(H,116,137)(H,117,139)(H,118,135)(H,119,130)(H,120,138)(H,124,125)(H,126,127)(H,143,144)/t57-,67-,68-,69-,70-,71+,72-,73-,74-,75-,76-,77-,78-,79-,84-/m0/s1. The van der Waals surface area contributed by atoms with Crippen LogP contribution in [0.25, 0.3) is 11.1 Å². The molecule has 5 aromatic rings. The first kappa shape index (κ1) is 118. The van der Waals surface area contributed by atoms with E-state index in [-0.39, 0.29) is 92.4 Å². The molecule has 1 heterocycles. The van der Waals surface area contributed by atoms with E-state index in [9.17, 15) is 77.6 Å². The van der Waals surface area contributed by atoms with Crippen molar-refractivity contribution >= 4 is 130 Å². The number of carboxylic acid groups (broad SMARTS) is 3. The zero-order valence-electron chi connectivity index (χ0n) is 82.9. The number of aliphatic carboxylic acids is 2. The second-order valence-electron chi connectivity index (χ2n) is 37.1. The van der Waals surface area contributed by atoms with Gasteiger partial charge in [-0.3, -0.25) is 86.3 Å². The summed E-state index contributed by atoms with van der Waals surface area (Å²) in [4.78, 5) is 288. The first-order valence-corrected chi connectivity index (χ1v) is 49.7. The fourth-order valence-corrected chi connectivity index (χ4v) is 17.3. The van der Waals surface area contributed by atoms with Gasteiger partial charge in [0.25, 0.3) is 0 Å². The number of hydrogen-bond acceptors (Lipinski definition) is 26. The van der Waals surface area contributed by atoms with Gasteiger partial charge in [0.2, 0.25) is 100 Å². The van der Waals surface area contributed by atoms with Crippen LogP contribution in [0.5, 0.6) is 5.75 Å². The van der Waals surface area contributed by atoms with Crippen molar-refractivity contribution in [1.82, 2.24) is 79.3 Å². The van der Waals surface area contributed by atoms with Crippen LogP contribution < -0.4 is 114 Å². The zero-order chi connectivity index (χ0) is 108. The number of aryl methyl sites for hydroxylation is 1. The van der Waals surface area contributed by atoms with Crippen LogP contribution in [0.15, 0.2) is 127 Å². The highest BCUT2D eigenvalue weighted by molar-refractivity contribution is 8.00. The Kier molecular flexibility index (Phi) is 48.4. The van der Waals surface area contributed by atoms with Crippen LogP contribution in [0.4, 0.5) is 0 Å². The zero-order valence-corrected chi connectivity index (χ0v) is 83.7. The van der Waals surface area contributed by atoms with E-state index in [4.69, 9.17) is 39.1 Å². The Balaban J connectivity index is 1.37. The van der Waals surface area contributed by atoms with E-state index < -0.39 is 284 Å². The Morgan fingerprint density at radius 1 is 0.473 bits per heavy atom.